The third kappa shape index (κ3) is 6.79. The Morgan fingerprint density at radius 1 is 1.05 bits per heavy atom. The Kier molecular flexibility index (Phi) is 9.59. The Bertz CT molecular complexity index is 2100. The van der Waals surface area contributed by atoms with Crippen molar-refractivity contribution in [3.05, 3.63) is 58.2 Å². The lowest BCUT2D eigenvalue weighted by molar-refractivity contribution is -0.201. The molecule has 4 aromatic rings. The number of nitrogens with two attached hydrogens (primary N) is 1. The van der Waals surface area contributed by atoms with Gasteiger partial charge in [0.2, 0.25) is 0 Å². The topological polar surface area (TPSA) is 146 Å². The van der Waals surface area contributed by atoms with Crippen molar-refractivity contribution < 1.29 is 28.5 Å². The number of amides is 1. The lowest BCUT2D eigenvalue weighted by atomic mass is 9.76. The van der Waals surface area contributed by atoms with E-state index in [1.807, 2.05) is 26.1 Å². The van der Waals surface area contributed by atoms with Gasteiger partial charge < -0.3 is 29.2 Å². The average molecular weight is 770 g/mol. The molecule has 1 spiro atoms. The Balaban J connectivity index is 1.20. The summed E-state index contributed by atoms with van der Waals surface area (Å²) in [7, 11) is 0. The molecule has 9 rings (SSSR count). The van der Waals surface area contributed by atoms with Crippen LogP contribution in [-0.4, -0.2) is 107 Å². The number of carbonyl (C=O) groups excluding carboxylic acids is 2. The summed E-state index contributed by atoms with van der Waals surface area (Å²) in [5, 5.41) is 5.51. The molecule has 0 saturated carbocycles. The highest BCUT2D eigenvalue weighted by atomic mass is 32.1. The molecule has 14 heteroatoms. The van der Waals surface area contributed by atoms with Gasteiger partial charge in [0.05, 0.1) is 68.4 Å². The third-order valence-corrected chi connectivity index (χ3v) is 12.8. The number of carbonyl (C=O) groups is 2. The first-order chi connectivity index (χ1) is 26.5. The summed E-state index contributed by atoms with van der Waals surface area (Å²) >= 11 is 1.54. The van der Waals surface area contributed by atoms with Crippen LogP contribution in [0.4, 0.5) is 0 Å². The van der Waals surface area contributed by atoms with Crippen LogP contribution in [0.3, 0.4) is 0 Å². The van der Waals surface area contributed by atoms with E-state index < -0.39 is 23.5 Å². The predicted octanol–water partition coefficient (Wildman–Crippen LogP) is 4.64. The molecule has 0 aliphatic carbocycles. The smallest absolute Gasteiger partial charge is 0.324 e. The van der Waals surface area contributed by atoms with Gasteiger partial charge in [-0.1, -0.05) is 19.9 Å². The first-order valence-electron chi connectivity index (χ1n) is 19.6. The molecule has 55 heavy (non-hydrogen) atoms. The number of thiazole rings is 1. The van der Waals surface area contributed by atoms with Crippen LogP contribution in [0.15, 0.2) is 41.9 Å². The number of hydrogen-bond acceptors (Lipinski definition) is 12. The van der Waals surface area contributed by atoms with Crippen molar-refractivity contribution in [1.29, 1.82) is 0 Å². The molecule has 3 fully saturated rings. The van der Waals surface area contributed by atoms with Gasteiger partial charge in [0, 0.05) is 70.6 Å². The molecule has 0 radical (unpaired) electrons. The fourth-order valence-electron chi connectivity index (χ4n) is 9.00. The molecule has 3 N–H and O–H groups in total. The molecule has 292 valence electrons. The zero-order valence-electron chi connectivity index (χ0n) is 32.1. The summed E-state index contributed by atoms with van der Waals surface area (Å²) in [6.07, 6.45) is 3.33. The van der Waals surface area contributed by atoms with Gasteiger partial charge in [-0.15, -0.1) is 11.3 Å². The number of rotatable bonds is 1. The van der Waals surface area contributed by atoms with Crippen molar-refractivity contribution >= 4 is 34.1 Å². The van der Waals surface area contributed by atoms with Gasteiger partial charge in [-0.2, -0.15) is 0 Å². The highest BCUT2D eigenvalue weighted by molar-refractivity contribution is 7.10. The minimum atomic E-state index is -0.889. The number of fused-ring (bicyclic) bond motifs is 11. The molecule has 0 unspecified atom stereocenters. The summed E-state index contributed by atoms with van der Waals surface area (Å²) in [6.45, 7) is 13.7. The van der Waals surface area contributed by atoms with E-state index in [-0.39, 0.29) is 36.1 Å². The van der Waals surface area contributed by atoms with Gasteiger partial charge in [-0.3, -0.25) is 24.5 Å². The maximum Gasteiger partial charge on any atom is 0.324 e. The number of nitrogens with zero attached hydrogens (tertiary/aromatic N) is 5. The summed E-state index contributed by atoms with van der Waals surface area (Å²) in [6, 6.07) is 8.72. The molecule has 5 atom stereocenters. The number of hydrogen-bond donors (Lipinski definition) is 2. The van der Waals surface area contributed by atoms with Gasteiger partial charge >= 0.3 is 5.97 Å². The molecule has 6 bridgehead atoms. The van der Waals surface area contributed by atoms with Crippen LogP contribution < -0.4 is 11.2 Å². The van der Waals surface area contributed by atoms with Crippen LogP contribution >= 0.6 is 11.3 Å². The minimum absolute atomic E-state index is 0.0746. The van der Waals surface area contributed by atoms with E-state index in [1.165, 1.54) is 5.01 Å². The molecule has 1 amide bonds. The number of hydrazine groups is 1. The van der Waals surface area contributed by atoms with Crippen LogP contribution in [-0.2, 0) is 41.5 Å². The van der Waals surface area contributed by atoms with Gasteiger partial charge in [0.1, 0.15) is 17.1 Å². The van der Waals surface area contributed by atoms with Gasteiger partial charge in [-0.25, -0.2) is 10.4 Å². The number of likely N-dealkylation sites (tertiary alicyclic amines) is 1. The SMILES string of the molecule is C[C@@H]1OC[C@H](C)OCCn2c(c3c4cc(ccc42)-c2csc(n2)[C@@H](N2CC4(COC4)C2)[C@H](N)C(=O)N2CCC[C@H](N2)C(=O)OCC(C)(C)C3)-c2cccnc21. The zero-order valence-corrected chi connectivity index (χ0v) is 32.9. The molecule has 13 nitrogen and oxygen atoms in total. The van der Waals surface area contributed by atoms with E-state index in [0.717, 1.165) is 76.0 Å². The van der Waals surface area contributed by atoms with Crippen molar-refractivity contribution in [2.24, 2.45) is 16.6 Å². The van der Waals surface area contributed by atoms with Crippen LogP contribution in [0, 0.1) is 10.8 Å². The molecular weight excluding hydrogens is 719 g/mol. The van der Waals surface area contributed by atoms with Gasteiger partial charge in [-0.05, 0) is 62.9 Å². The maximum atomic E-state index is 14.1. The predicted molar refractivity (Wildman–Crippen MR) is 208 cm³/mol. The molecule has 3 saturated heterocycles. The summed E-state index contributed by atoms with van der Waals surface area (Å²) in [5.41, 5.74) is 16.8. The van der Waals surface area contributed by atoms with E-state index in [0.29, 0.717) is 45.6 Å². The second-order valence-corrected chi connectivity index (χ2v) is 17.9. The number of pyridine rings is 1. The summed E-state index contributed by atoms with van der Waals surface area (Å²) < 4.78 is 26.6. The highest BCUT2D eigenvalue weighted by Gasteiger charge is 2.53. The fraction of sp³-hybridized carbons (Fsp3) is 0.561. The summed E-state index contributed by atoms with van der Waals surface area (Å²) in [5.74, 6) is -0.620. The molecule has 1 aromatic carbocycles. The van der Waals surface area contributed by atoms with Crippen LogP contribution in [0.5, 0.6) is 0 Å². The molecule has 5 aliphatic heterocycles. The van der Waals surface area contributed by atoms with E-state index >= 15 is 0 Å². The monoisotopic (exact) mass is 769 g/mol. The van der Waals surface area contributed by atoms with Crippen molar-refractivity contribution in [2.75, 3.05) is 52.7 Å². The Morgan fingerprint density at radius 3 is 2.69 bits per heavy atom. The lowest BCUT2D eigenvalue weighted by Crippen LogP contribution is -2.69. The first-order valence-corrected chi connectivity index (χ1v) is 20.5. The number of benzene rings is 1. The Morgan fingerprint density at radius 2 is 1.89 bits per heavy atom. The number of esters is 1. The van der Waals surface area contributed by atoms with Crippen molar-refractivity contribution in [3.8, 4) is 22.5 Å². The van der Waals surface area contributed by atoms with E-state index in [2.05, 4.69) is 58.4 Å². The second-order valence-electron chi connectivity index (χ2n) is 17.0. The fourth-order valence-corrected chi connectivity index (χ4v) is 10.0. The third-order valence-electron chi connectivity index (χ3n) is 11.9. The van der Waals surface area contributed by atoms with Crippen molar-refractivity contribution in [2.45, 2.75) is 83.8 Å². The number of aromatic nitrogens is 3. The van der Waals surface area contributed by atoms with Crippen LogP contribution in [0.25, 0.3) is 33.4 Å². The number of cyclic esters (lactones) is 1. The lowest BCUT2D eigenvalue weighted by Gasteiger charge is -2.57. The maximum absolute atomic E-state index is 14.1. The highest BCUT2D eigenvalue weighted by Crippen LogP contribution is 2.45. The van der Waals surface area contributed by atoms with Crippen molar-refractivity contribution in [3.63, 3.8) is 0 Å². The van der Waals surface area contributed by atoms with Crippen LogP contribution in [0.1, 0.15) is 68.9 Å². The van der Waals surface area contributed by atoms with E-state index in [9.17, 15) is 9.59 Å². The summed E-state index contributed by atoms with van der Waals surface area (Å²) in [4.78, 5) is 40.3. The molecule has 5 aliphatic rings. The Hall–Kier alpha value is -3.76. The van der Waals surface area contributed by atoms with Crippen molar-refractivity contribution in [1.82, 2.24) is 29.9 Å². The average Bonchev–Trinajstić information content (AvgIpc) is 3.74. The van der Waals surface area contributed by atoms with Gasteiger partial charge in [0.25, 0.3) is 5.91 Å². The van der Waals surface area contributed by atoms with E-state index in [4.69, 9.17) is 34.6 Å². The molecular formula is C41H51N7O6S. The number of ether oxygens (including phenoxy) is 4. The molecule has 3 aromatic heterocycles. The minimum Gasteiger partial charge on any atom is -0.464 e. The largest absolute Gasteiger partial charge is 0.464 e. The van der Waals surface area contributed by atoms with Crippen LogP contribution in [0.2, 0.25) is 0 Å². The standard InChI is InChI=1S/C41H51N7O6S/c1-24-17-53-25(2)34-27(7-5-11-43-34)35-29-16-40(3,4)21-54-39(50)30-8-6-12-48(45-30)38(49)33(42)36(46-19-41(20-46)22-51-23-41)37-44-31(18-55-37)26-9-10-32(28(29)15-26)47(35)13-14-52-24/h5,7,9-11,15,18,24-25,30,33,36,45H,6,8,12-14,16-17,19-23,42H2,1-4H3/t24-,25-,30-,33-,36-/m0/s1. The molecule has 8 heterocycles. The second kappa shape index (κ2) is 14.3. The van der Waals surface area contributed by atoms with E-state index in [1.54, 1.807) is 11.3 Å². The zero-order chi connectivity index (χ0) is 38.1. The van der Waals surface area contributed by atoms with Gasteiger partial charge in [0.15, 0.2) is 0 Å². The quantitative estimate of drug-likeness (QED) is 0.261. The first kappa shape index (κ1) is 36.9. The number of nitrogens with one attached hydrogen (secondary N) is 1. The Labute approximate surface area is 325 Å². The normalized spacial score (nSPS) is 28.6.